The molecule has 0 unspecified atom stereocenters. The van der Waals surface area contributed by atoms with Gasteiger partial charge >= 0.3 is 0 Å². The molecule has 0 fully saturated rings. The molecule has 0 amide bonds. The highest BCUT2D eigenvalue weighted by Crippen LogP contribution is 2.23. The smallest absolute Gasteiger partial charge is 0.241 e. The third kappa shape index (κ3) is 4.14. The molecule has 4 nitrogen and oxygen atoms in total. The number of sulfonamides is 1. The second-order valence-electron chi connectivity index (χ2n) is 4.65. The predicted octanol–water partition coefficient (Wildman–Crippen LogP) is 3.02. The summed E-state index contributed by atoms with van der Waals surface area (Å²) in [5, 5.41) is 4.95. The molecule has 0 saturated carbocycles. The van der Waals surface area contributed by atoms with Gasteiger partial charge in [0.2, 0.25) is 10.0 Å². The first-order valence-electron chi connectivity index (χ1n) is 6.39. The molecule has 2 rings (SSSR count). The van der Waals surface area contributed by atoms with Crippen LogP contribution in [0, 0.1) is 6.92 Å². The molecule has 0 spiro atoms. The van der Waals surface area contributed by atoms with Gasteiger partial charge in [0.05, 0.1) is 4.90 Å². The van der Waals surface area contributed by atoms with Crippen LogP contribution in [0.15, 0.2) is 39.0 Å². The van der Waals surface area contributed by atoms with E-state index in [9.17, 15) is 8.42 Å². The number of hydrogen-bond acceptors (Lipinski definition) is 4. The minimum Gasteiger partial charge on any atom is -0.316 e. The first-order valence-corrected chi connectivity index (χ1v) is 9.55. The molecular formula is C14H17BrN2O2S2. The number of benzene rings is 1. The average Bonchev–Trinajstić information content (AvgIpc) is 2.84. The van der Waals surface area contributed by atoms with Crippen molar-refractivity contribution in [3.05, 3.63) is 50.1 Å². The highest BCUT2D eigenvalue weighted by Gasteiger charge is 2.17. The number of hydrogen-bond donors (Lipinski definition) is 2. The van der Waals surface area contributed by atoms with Crippen molar-refractivity contribution in [1.82, 2.24) is 10.0 Å². The van der Waals surface area contributed by atoms with Crippen molar-refractivity contribution >= 4 is 37.3 Å². The number of aryl methyl sites for hydroxylation is 1. The Morgan fingerprint density at radius 2 is 2.00 bits per heavy atom. The normalized spacial score (nSPS) is 11.8. The highest BCUT2D eigenvalue weighted by atomic mass is 79.9. The molecule has 0 atom stereocenters. The van der Waals surface area contributed by atoms with Crippen molar-refractivity contribution in [2.45, 2.75) is 24.9 Å². The van der Waals surface area contributed by atoms with Gasteiger partial charge in [-0.25, -0.2) is 13.1 Å². The molecule has 114 valence electrons. The lowest BCUT2D eigenvalue weighted by atomic mass is 10.1. The van der Waals surface area contributed by atoms with Gasteiger partial charge in [-0.2, -0.15) is 0 Å². The monoisotopic (exact) mass is 388 g/mol. The molecule has 0 saturated heterocycles. The summed E-state index contributed by atoms with van der Waals surface area (Å²) < 4.78 is 28.5. The Bertz CT molecular complexity index is 726. The third-order valence-electron chi connectivity index (χ3n) is 3.04. The van der Waals surface area contributed by atoms with Gasteiger partial charge in [0, 0.05) is 22.4 Å². The second-order valence-corrected chi connectivity index (χ2v) is 8.24. The molecule has 7 heteroatoms. The first-order chi connectivity index (χ1) is 9.94. The third-order valence-corrected chi connectivity index (χ3v) is 6.51. The Hall–Kier alpha value is -0.730. The van der Waals surface area contributed by atoms with Crippen LogP contribution in [0.4, 0.5) is 0 Å². The van der Waals surface area contributed by atoms with Crippen molar-refractivity contribution in [2.75, 3.05) is 7.05 Å². The maximum atomic E-state index is 12.5. The summed E-state index contributed by atoms with van der Waals surface area (Å²) in [5.74, 6) is 0. The van der Waals surface area contributed by atoms with Gasteiger partial charge < -0.3 is 5.32 Å². The van der Waals surface area contributed by atoms with Crippen LogP contribution in [0.1, 0.15) is 16.0 Å². The molecule has 1 aromatic heterocycles. The van der Waals surface area contributed by atoms with Gasteiger partial charge in [-0.15, -0.1) is 11.3 Å². The summed E-state index contributed by atoms with van der Waals surface area (Å²) in [6.45, 7) is 2.73. The quantitative estimate of drug-likeness (QED) is 0.799. The summed E-state index contributed by atoms with van der Waals surface area (Å²) in [4.78, 5) is 1.30. The van der Waals surface area contributed by atoms with E-state index in [4.69, 9.17) is 0 Å². The Kier molecular flexibility index (Phi) is 5.56. The van der Waals surface area contributed by atoms with Crippen molar-refractivity contribution < 1.29 is 8.42 Å². The van der Waals surface area contributed by atoms with E-state index in [1.165, 1.54) is 11.3 Å². The van der Waals surface area contributed by atoms with Gasteiger partial charge in [-0.1, -0.05) is 12.1 Å². The molecule has 2 aromatic rings. The van der Waals surface area contributed by atoms with E-state index in [0.717, 1.165) is 20.5 Å². The lowest BCUT2D eigenvalue weighted by Crippen LogP contribution is -2.24. The van der Waals surface area contributed by atoms with E-state index < -0.39 is 10.0 Å². The number of nitrogens with one attached hydrogen (secondary N) is 2. The van der Waals surface area contributed by atoms with Crippen LogP contribution in [0.3, 0.4) is 0 Å². The van der Waals surface area contributed by atoms with Gasteiger partial charge in [0.1, 0.15) is 0 Å². The van der Waals surface area contributed by atoms with Crippen molar-refractivity contribution in [2.24, 2.45) is 0 Å². The highest BCUT2D eigenvalue weighted by molar-refractivity contribution is 9.10. The fourth-order valence-electron chi connectivity index (χ4n) is 1.94. The minimum atomic E-state index is -3.52. The van der Waals surface area contributed by atoms with E-state index in [1.54, 1.807) is 13.0 Å². The first kappa shape index (κ1) is 16.6. The van der Waals surface area contributed by atoms with Gasteiger partial charge in [0.15, 0.2) is 0 Å². The summed E-state index contributed by atoms with van der Waals surface area (Å²) in [6, 6.07) is 7.40. The van der Waals surface area contributed by atoms with Crippen LogP contribution in [0.25, 0.3) is 0 Å². The van der Waals surface area contributed by atoms with Gasteiger partial charge in [0.25, 0.3) is 0 Å². The Morgan fingerprint density at radius 3 is 2.62 bits per heavy atom. The summed E-state index contributed by atoms with van der Waals surface area (Å²) in [7, 11) is -1.68. The SMILES string of the molecule is CNCc1ccc(C)c(S(=O)(=O)NCc2sccc2Br)c1. The summed E-state index contributed by atoms with van der Waals surface area (Å²) >= 11 is 4.92. The predicted molar refractivity (Wildman–Crippen MR) is 90.0 cm³/mol. The topological polar surface area (TPSA) is 58.2 Å². The van der Waals surface area contributed by atoms with Crippen molar-refractivity contribution in [3.63, 3.8) is 0 Å². The van der Waals surface area contributed by atoms with Crippen LogP contribution in [0.5, 0.6) is 0 Å². The second kappa shape index (κ2) is 7.02. The average molecular weight is 389 g/mol. The van der Waals surface area contributed by atoms with Crippen LogP contribution in [0.2, 0.25) is 0 Å². The zero-order valence-corrected chi connectivity index (χ0v) is 15.0. The molecular weight excluding hydrogens is 372 g/mol. The van der Waals surface area contributed by atoms with Crippen molar-refractivity contribution in [1.29, 1.82) is 0 Å². The van der Waals surface area contributed by atoms with Crippen molar-refractivity contribution in [3.8, 4) is 0 Å². The number of thiophene rings is 1. The molecule has 0 aliphatic carbocycles. The van der Waals surface area contributed by atoms with Crippen LogP contribution < -0.4 is 10.0 Å². The molecule has 2 N–H and O–H groups in total. The molecule has 21 heavy (non-hydrogen) atoms. The lowest BCUT2D eigenvalue weighted by molar-refractivity contribution is 0.581. The standard InChI is InChI=1S/C14H17BrN2O2S2/c1-10-3-4-11(8-16-2)7-14(10)21(18,19)17-9-13-12(15)5-6-20-13/h3-7,16-17H,8-9H2,1-2H3. The largest absolute Gasteiger partial charge is 0.316 e. The number of halogens is 1. The molecule has 1 aromatic carbocycles. The zero-order valence-electron chi connectivity index (χ0n) is 11.8. The fraction of sp³-hybridized carbons (Fsp3) is 0.286. The summed E-state index contributed by atoms with van der Waals surface area (Å²) in [5.41, 5.74) is 1.69. The van der Waals surface area contributed by atoms with E-state index >= 15 is 0 Å². The fourth-order valence-corrected chi connectivity index (χ4v) is 4.75. The maximum Gasteiger partial charge on any atom is 0.241 e. The Labute approximate surface area is 137 Å². The minimum absolute atomic E-state index is 0.288. The van der Waals surface area contributed by atoms with Gasteiger partial charge in [-0.05, 0) is 58.5 Å². The maximum absolute atomic E-state index is 12.5. The molecule has 1 heterocycles. The molecule has 0 aliphatic heterocycles. The Balaban J connectivity index is 2.22. The zero-order chi connectivity index (χ0) is 15.5. The van der Waals surface area contributed by atoms with Crippen LogP contribution >= 0.6 is 27.3 Å². The Morgan fingerprint density at radius 1 is 1.24 bits per heavy atom. The van der Waals surface area contributed by atoms with E-state index in [1.807, 2.05) is 30.6 Å². The van der Waals surface area contributed by atoms with Crippen LogP contribution in [-0.4, -0.2) is 15.5 Å². The number of rotatable bonds is 6. The van der Waals surface area contributed by atoms with E-state index in [0.29, 0.717) is 11.4 Å². The van der Waals surface area contributed by atoms with E-state index in [2.05, 4.69) is 26.0 Å². The summed E-state index contributed by atoms with van der Waals surface area (Å²) in [6.07, 6.45) is 0. The van der Waals surface area contributed by atoms with E-state index in [-0.39, 0.29) is 6.54 Å². The molecule has 0 bridgehead atoms. The molecule has 0 aliphatic rings. The van der Waals surface area contributed by atoms with Crippen LogP contribution in [-0.2, 0) is 23.1 Å². The van der Waals surface area contributed by atoms with Gasteiger partial charge in [-0.3, -0.25) is 0 Å². The molecule has 0 radical (unpaired) electrons. The lowest BCUT2D eigenvalue weighted by Gasteiger charge is -2.11.